The molecule has 28 heavy (non-hydrogen) atoms. The third kappa shape index (κ3) is 4.89. The van der Waals surface area contributed by atoms with Crippen molar-refractivity contribution in [1.29, 1.82) is 0 Å². The second-order valence-corrected chi connectivity index (χ2v) is 8.07. The normalized spacial score (nSPS) is 25.6. The first-order valence-corrected chi connectivity index (χ1v) is 10.5. The molecular weight excluding hydrogens is 358 g/mol. The van der Waals surface area contributed by atoms with Crippen LogP contribution >= 0.6 is 0 Å². The predicted molar refractivity (Wildman–Crippen MR) is 108 cm³/mol. The van der Waals surface area contributed by atoms with Gasteiger partial charge >= 0.3 is 5.97 Å². The summed E-state index contributed by atoms with van der Waals surface area (Å²) in [6.45, 7) is 3.69. The predicted octanol–water partition coefficient (Wildman–Crippen LogP) is 6.52. The lowest BCUT2D eigenvalue weighted by Crippen LogP contribution is -2.28. The molecule has 0 aliphatic heterocycles. The van der Waals surface area contributed by atoms with E-state index in [1.165, 1.54) is 0 Å². The van der Waals surface area contributed by atoms with Crippen molar-refractivity contribution in [2.24, 2.45) is 11.8 Å². The Balaban J connectivity index is 1.52. The molecule has 3 rings (SSSR count). The topological polar surface area (TPSA) is 26.3 Å². The highest BCUT2D eigenvalue weighted by atomic mass is 19.2. The molecule has 0 N–H and O–H groups in total. The average Bonchev–Trinajstić information content (AvgIpc) is 2.72. The Labute approximate surface area is 166 Å². The molecular formula is C24H30F2O2. The molecule has 0 aromatic heterocycles. The van der Waals surface area contributed by atoms with Crippen LogP contribution in [-0.2, 0) is 9.53 Å². The highest BCUT2D eigenvalue weighted by Crippen LogP contribution is 2.34. The van der Waals surface area contributed by atoms with E-state index in [4.69, 9.17) is 4.74 Å². The largest absolute Gasteiger partial charge is 0.462 e. The monoisotopic (exact) mass is 388 g/mol. The third-order valence-electron chi connectivity index (χ3n) is 6.02. The van der Waals surface area contributed by atoms with Crippen LogP contribution in [0.4, 0.5) is 8.78 Å². The summed E-state index contributed by atoms with van der Waals surface area (Å²) in [5.74, 6) is -1.06. The molecule has 1 fully saturated rings. The molecule has 2 nitrogen and oxygen atoms in total. The summed E-state index contributed by atoms with van der Waals surface area (Å²) in [4.78, 5) is 12.5. The first-order valence-electron chi connectivity index (χ1n) is 10.5. The minimum Gasteiger partial charge on any atom is -0.462 e. The van der Waals surface area contributed by atoms with Crippen LogP contribution in [0, 0.1) is 30.4 Å². The lowest BCUT2D eigenvalue weighted by atomic mass is 9.82. The van der Waals surface area contributed by atoms with Crippen molar-refractivity contribution in [2.75, 3.05) is 0 Å². The maximum absolute atomic E-state index is 14.2. The van der Waals surface area contributed by atoms with Crippen molar-refractivity contribution in [3.63, 3.8) is 0 Å². The summed E-state index contributed by atoms with van der Waals surface area (Å²) in [7, 11) is 0. The van der Waals surface area contributed by atoms with Crippen LogP contribution in [0.25, 0.3) is 5.57 Å². The van der Waals surface area contributed by atoms with E-state index >= 15 is 0 Å². The Hall–Kier alpha value is -1.97. The van der Waals surface area contributed by atoms with Gasteiger partial charge in [0.15, 0.2) is 11.6 Å². The highest BCUT2D eigenvalue weighted by molar-refractivity contribution is 5.73. The zero-order chi connectivity index (χ0) is 20.1. The van der Waals surface area contributed by atoms with E-state index < -0.39 is 11.6 Å². The quantitative estimate of drug-likeness (QED) is 0.424. The van der Waals surface area contributed by atoms with Gasteiger partial charge in [0.05, 0.1) is 5.92 Å². The van der Waals surface area contributed by atoms with Gasteiger partial charge in [-0.25, -0.2) is 8.78 Å². The second-order valence-electron chi connectivity index (χ2n) is 8.07. The molecule has 1 aromatic rings. The number of hydrogen-bond acceptors (Lipinski definition) is 2. The summed E-state index contributed by atoms with van der Waals surface area (Å²) in [5.41, 5.74) is 1.43. The molecule has 1 saturated carbocycles. The Morgan fingerprint density at radius 1 is 1.14 bits per heavy atom. The molecule has 0 amide bonds. The van der Waals surface area contributed by atoms with Crippen LogP contribution in [0.5, 0.6) is 0 Å². The standard InChI is InChI=1S/C24H30F2O2/c1-3-4-5-17-7-9-19(10-8-17)24(27)28-20-13-11-18(12-14-20)21-15-6-16(2)22(25)23(21)26/h4-6,11,15,17,19-20H,3,7-10,12-14H2,1-2H3. The zero-order valence-electron chi connectivity index (χ0n) is 16.8. The Morgan fingerprint density at radius 3 is 2.54 bits per heavy atom. The minimum atomic E-state index is -0.782. The van der Waals surface area contributed by atoms with Crippen LogP contribution in [0.3, 0.4) is 0 Å². The van der Waals surface area contributed by atoms with Gasteiger partial charge in [-0.05, 0) is 68.9 Å². The number of benzene rings is 1. The van der Waals surface area contributed by atoms with Crippen LogP contribution < -0.4 is 0 Å². The second kappa shape index (κ2) is 9.49. The summed E-state index contributed by atoms with van der Waals surface area (Å²) >= 11 is 0. The molecule has 0 spiro atoms. The molecule has 0 saturated heterocycles. The highest BCUT2D eigenvalue weighted by Gasteiger charge is 2.29. The van der Waals surface area contributed by atoms with E-state index in [0.29, 0.717) is 36.3 Å². The Kier molecular flexibility index (Phi) is 7.03. The van der Waals surface area contributed by atoms with Crippen molar-refractivity contribution < 1.29 is 18.3 Å². The van der Waals surface area contributed by atoms with Gasteiger partial charge in [0.25, 0.3) is 0 Å². The molecule has 0 radical (unpaired) electrons. The fourth-order valence-corrected chi connectivity index (χ4v) is 4.19. The summed E-state index contributed by atoms with van der Waals surface area (Å²) in [6.07, 6.45) is 12.9. The van der Waals surface area contributed by atoms with Crippen LogP contribution in [0.15, 0.2) is 30.4 Å². The SMILES string of the molecule is CCC=CC1CCC(C(=O)OC2CC=C(c3ccc(C)c(F)c3F)CC2)CC1. The number of allylic oxidation sites excluding steroid dienone is 3. The zero-order valence-corrected chi connectivity index (χ0v) is 16.8. The number of carbonyl (C=O) groups is 1. The first kappa shape index (κ1) is 20.8. The first-order chi connectivity index (χ1) is 13.5. The van der Waals surface area contributed by atoms with Gasteiger partial charge in [0, 0.05) is 12.0 Å². The van der Waals surface area contributed by atoms with Crippen LogP contribution in [0.2, 0.25) is 0 Å². The molecule has 0 heterocycles. The van der Waals surface area contributed by atoms with Gasteiger partial charge in [-0.15, -0.1) is 0 Å². The van der Waals surface area contributed by atoms with Gasteiger partial charge in [0.2, 0.25) is 0 Å². The van der Waals surface area contributed by atoms with Crippen molar-refractivity contribution in [3.05, 3.63) is 53.1 Å². The third-order valence-corrected chi connectivity index (χ3v) is 6.02. The summed E-state index contributed by atoms with van der Waals surface area (Å²) in [6, 6.07) is 3.24. The van der Waals surface area contributed by atoms with Crippen molar-refractivity contribution in [3.8, 4) is 0 Å². The van der Waals surface area contributed by atoms with E-state index in [0.717, 1.165) is 37.7 Å². The van der Waals surface area contributed by atoms with E-state index in [1.54, 1.807) is 19.1 Å². The lowest BCUT2D eigenvalue weighted by molar-refractivity contribution is -0.155. The number of aryl methyl sites for hydroxylation is 1. The molecule has 2 aliphatic rings. The molecule has 1 atom stereocenters. The van der Waals surface area contributed by atoms with E-state index in [2.05, 4.69) is 19.1 Å². The van der Waals surface area contributed by atoms with E-state index in [-0.39, 0.29) is 18.0 Å². The number of rotatable bonds is 5. The van der Waals surface area contributed by atoms with Gasteiger partial charge < -0.3 is 4.74 Å². The minimum absolute atomic E-state index is 0.000270. The number of ether oxygens (including phenoxy) is 1. The number of hydrogen-bond donors (Lipinski definition) is 0. The lowest BCUT2D eigenvalue weighted by Gasteiger charge is -2.28. The van der Waals surface area contributed by atoms with Crippen LogP contribution in [-0.4, -0.2) is 12.1 Å². The maximum Gasteiger partial charge on any atom is 0.309 e. The average molecular weight is 388 g/mol. The molecule has 4 heteroatoms. The van der Waals surface area contributed by atoms with E-state index in [1.807, 2.05) is 6.08 Å². The summed E-state index contributed by atoms with van der Waals surface area (Å²) < 4.78 is 33.8. The van der Waals surface area contributed by atoms with Gasteiger partial charge in [-0.3, -0.25) is 4.79 Å². The fraction of sp³-hybridized carbons (Fsp3) is 0.542. The van der Waals surface area contributed by atoms with Crippen LogP contribution in [0.1, 0.15) is 69.4 Å². The van der Waals surface area contributed by atoms with Crippen molar-refractivity contribution >= 4 is 11.5 Å². The fourth-order valence-electron chi connectivity index (χ4n) is 4.19. The molecule has 152 valence electrons. The van der Waals surface area contributed by atoms with Gasteiger partial charge in [-0.1, -0.05) is 37.3 Å². The van der Waals surface area contributed by atoms with Crippen molar-refractivity contribution in [2.45, 2.75) is 71.3 Å². The van der Waals surface area contributed by atoms with Gasteiger partial charge in [-0.2, -0.15) is 0 Å². The van der Waals surface area contributed by atoms with Crippen molar-refractivity contribution in [1.82, 2.24) is 0 Å². The molecule has 0 bridgehead atoms. The smallest absolute Gasteiger partial charge is 0.309 e. The molecule has 1 aromatic carbocycles. The number of halogens is 2. The van der Waals surface area contributed by atoms with Gasteiger partial charge in [0.1, 0.15) is 6.10 Å². The molecule has 2 aliphatic carbocycles. The Morgan fingerprint density at radius 2 is 1.89 bits per heavy atom. The molecule has 1 unspecified atom stereocenters. The Bertz CT molecular complexity index is 758. The number of esters is 1. The maximum atomic E-state index is 14.2. The number of carbonyl (C=O) groups excluding carboxylic acids is 1. The summed E-state index contributed by atoms with van der Waals surface area (Å²) in [5, 5.41) is 0. The van der Waals surface area contributed by atoms with E-state index in [9.17, 15) is 13.6 Å².